The zero-order chi connectivity index (χ0) is 18.4. The van der Waals surface area contributed by atoms with E-state index >= 15 is 0 Å². The van der Waals surface area contributed by atoms with Crippen LogP contribution >= 0.6 is 15.9 Å². The van der Waals surface area contributed by atoms with Crippen LogP contribution in [0.3, 0.4) is 0 Å². The molecule has 0 aromatic heterocycles. The highest BCUT2D eigenvalue weighted by Crippen LogP contribution is 2.32. The second-order valence-electron chi connectivity index (χ2n) is 6.16. The van der Waals surface area contributed by atoms with Crippen LogP contribution in [0.4, 0.5) is 0 Å². The predicted octanol–water partition coefficient (Wildman–Crippen LogP) is 3.69. The lowest BCUT2D eigenvalue weighted by atomic mass is 10.1. The molecule has 0 aliphatic heterocycles. The summed E-state index contributed by atoms with van der Waals surface area (Å²) in [4.78, 5) is 23.7. The van der Waals surface area contributed by atoms with E-state index in [2.05, 4.69) is 21.2 Å². The molecular weight excluding hydrogens is 386 g/mol. The Morgan fingerprint density at radius 3 is 2.56 bits per heavy atom. The Bertz CT molecular complexity index is 760. The first-order valence-electron chi connectivity index (χ1n) is 8.15. The fourth-order valence-corrected chi connectivity index (χ4v) is 2.80. The molecule has 1 N–H and O–H groups in total. The van der Waals surface area contributed by atoms with Gasteiger partial charge in [-0.15, -0.1) is 0 Å². The van der Waals surface area contributed by atoms with Gasteiger partial charge in [0.2, 0.25) is 0 Å². The molecular formula is C19H22BrNO4. The van der Waals surface area contributed by atoms with Crippen LogP contribution in [0.15, 0.2) is 40.9 Å². The van der Waals surface area contributed by atoms with Gasteiger partial charge < -0.3 is 14.8 Å². The summed E-state index contributed by atoms with van der Waals surface area (Å²) in [6, 6.07) is 11.6. The quantitative estimate of drug-likeness (QED) is 0.710. The molecule has 0 aliphatic carbocycles. The van der Waals surface area contributed by atoms with Gasteiger partial charge in [-0.25, -0.2) is 4.79 Å². The van der Waals surface area contributed by atoms with Gasteiger partial charge in [-0.1, -0.05) is 44.2 Å². The van der Waals surface area contributed by atoms with Gasteiger partial charge in [0.15, 0.2) is 12.7 Å². The van der Waals surface area contributed by atoms with Crippen molar-refractivity contribution in [1.82, 2.24) is 5.32 Å². The number of rotatable bonds is 7. The van der Waals surface area contributed by atoms with E-state index in [1.807, 2.05) is 44.2 Å². The zero-order valence-corrected chi connectivity index (χ0v) is 16.1. The molecule has 0 radical (unpaired) electrons. The van der Waals surface area contributed by atoms with E-state index in [-0.39, 0.29) is 12.5 Å². The SMILES string of the molecule is CC(C)CNC(=O)[C@H](C)OC(=O)COc1ccc2ccccc2c1Br. The van der Waals surface area contributed by atoms with Crippen LogP contribution in [0.2, 0.25) is 0 Å². The van der Waals surface area contributed by atoms with Crippen molar-refractivity contribution >= 4 is 38.6 Å². The van der Waals surface area contributed by atoms with Crippen molar-refractivity contribution in [3.63, 3.8) is 0 Å². The number of hydrogen-bond donors (Lipinski definition) is 1. The van der Waals surface area contributed by atoms with Gasteiger partial charge in [0.25, 0.3) is 5.91 Å². The molecule has 2 rings (SSSR count). The average molecular weight is 408 g/mol. The van der Waals surface area contributed by atoms with Gasteiger partial charge in [-0.05, 0) is 45.6 Å². The van der Waals surface area contributed by atoms with Gasteiger partial charge in [-0.2, -0.15) is 0 Å². The number of carbonyl (C=O) groups is 2. The lowest BCUT2D eigenvalue weighted by Gasteiger charge is -2.15. The number of esters is 1. The Morgan fingerprint density at radius 1 is 1.12 bits per heavy atom. The molecule has 0 aliphatic rings. The molecule has 0 heterocycles. The number of fused-ring (bicyclic) bond motifs is 1. The standard InChI is InChI=1S/C19H22BrNO4/c1-12(2)10-21-19(23)13(3)25-17(22)11-24-16-9-8-14-6-4-5-7-15(14)18(16)20/h4-9,12-13H,10-11H2,1-3H3,(H,21,23)/t13-/m0/s1. The molecule has 1 atom stereocenters. The summed E-state index contributed by atoms with van der Waals surface area (Å²) in [7, 11) is 0. The summed E-state index contributed by atoms with van der Waals surface area (Å²) in [6.45, 7) is 5.80. The van der Waals surface area contributed by atoms with Gasteiger partial charge in [0.1, 0.15) is 5.75 Å². The molecule has 0 saturated heterocycles. The first-order chi connectivity index (χ1) is 11.9. The highest BCUT2D eigenvalue weighted by molar-refractivity contribution is 9.10. The number of carbonyl (C=O) groups excluding carboxylic acids is 2. The first-order valence-corrected chi connectivity index (χ1v) is 8.95. The Hall–Kier alpha value is -2.08. The molecule has 134 valence electrons. The molecule has 0 spiro atoms. The van der Waals surface area contributed by atoms with Crippen molar-refractivity contribution in [3.05, 3.63) is 40.9 Å². The number of hydrogen-bond acceptors (Lipinski definition) is 4. The molecule has 0 saturated carbocycles. The summed E-state index contributed by atoms with van der Waals surface area (Å²) in [5, 5.41) is 4.79. The van der Waals surface area contributed by atoms with Crippen LogP contribution in [0, 0.1) is 5.92 Å². The third-order valence-corrected chi connectivity index (χ3v) is 4.35. The van der Waals surface area contributed by atoms with Crippen molar-refractivity contribution in [1.29, 1.82) is 0 Å². The fraction of sp³-hybridized carbons (Fsp3) is 0.368. The molecule has 25 heavy (non-hydrogen) atoms. The maximum Gasteiger partial charge on any atom is 0.344 e. The minimum Gasteiger partial charge on any atom is -0.481 e. The van der Waals surface area contributed by atoms with Crippen LogP contribution in [0.25, 0.3) is 10.8 Å². The number of halogens is 1. The smallest absolute Gasteiger partial charge is 0.344 e. The van der Waals surface area contributed by atoms with Gasteiger partial charge in [-0.3, -0.25) is 4.79 Å². The van der Waals surface area contributed by atoms with Crippen molar-refractivity contribution in [2.45, 2.75) is 26.9 Å². The molecule has 2 aromatic carbocycles. The van der Waals surface area contributed by atoms with Crippen LogP contribution in [0.1, 0.15) is 20.8 Å². The van der Waals surface area contributed by atoms with Crippen LogP contribution in [0.5, 0.6) is 5.75 Å². The number of amides is 1. The monoisotopic (exact) mass is 407 g/mol. The summed E-state index contributed by atoms with van der Waals surface area (Å²) < 4.78 is 11.4. The molecule has 0 unspecified atom stereocenters. The van der Waals surface area contributed by atoms with E-state index in [1.54, 1.807) is 13.0 Å². The van der Waals surface area contributed by atoms with Crippen molar-refractivity contribution in [2.24, 2.45) is 5.92 Å². The van der Waals surface area contributed by atoms with Gasteiger partial charge in [0.05, 0.1) is 4.47 Å². The van der Waals surface area contributed by atoms with Crippen LogP contribution in [-0.2, 0) is 14.3 Å². The average Bonchev–Trinajstić information content (AvgIpc) is 2.59. The van der Waals surface area contributed by atoms with Gasteiger partial charge >= 0.3 is 5.97 Å². The van der Waals surface area contributed by atoms with E-state index in [9.17, 15) is 9.59 Å². The Balaban J connectivity index is 1.89. The maximum atomic E-state index is 11.9. The Morgan fingerprint density at radius 2 is 1.84 bits per heavy atom. The number of ether oxygens (including phenoxy) is 2. The van der Waals surface area contributed by atoms with Crippen molar-refractivity contribution in [2.75, 3.05) is 13.2 Å². The van der Waals surface area contributed by atoms with Crippen molar-refractivity contribution < 1.29 is 19.1 Å². The molecule has 0 bridgehead atoms. The van der Waals surface area contributed by atoms with E-state index in [0.717, 1.165) is 15.2 Å². The third-order valence-electron chi connectivity index (χ3n) is 3.54. The predicted molar refractivity (Wildman–Crippen MR) is 101 cm³/mol. The van der Waals surface area contributed by atoms with Gasteiger partial charge in [0, 0.05) is 6.54 Å². The first kappa shape index (κ1) is 19.2. The molecule has 2 aromatic rings. The number of benzene rings is 2. The fourth-order valence-electron chi connectivity index (χ4n) is 2.19. The highest BCUT2D eigenvalue weighted by Gasteiger charge is 2.18. The third kappa shape index (κ3) is 5.46. The Labute approximate surface area is 155 Å². The molecule has 5 nitrogen and oxygen atoms in total. The molecule has 0 fully saturated rings. The van der Waals surface area contributed by atoms with Crippen molar-refractivity contribution in [3.8, 4) is 5.75 Å². The lowest BCUT2D eigenvalue weighted by Crippen LogP contribution is -2.38. The maximum absolute atomic E-state index is 11.9. The number of nitrogens with one attached hydrogen (secondary N) is 1. The summed E-state index contributed by atoms with van der Waals surface area (Å²) >= 11 is 3.50. The highest BCUT2D eigenvalue weighted by atomic mass is 79.9. The summed E-state index contributed by atoms with van der Waals surface area (Å²) in [5.74, 6) is -0.0193. The lowest BCUT2D eigenvalue weighted by molar-refractivity contribution is -0.156. The Kier molecular flexibility index (Phi) is 6.82. The van der Waals surface area contributed by atoms with E-state index in [4.69, 9.17) is 9.47 Å². The minimum absolute atomic E-state index is 0.265. The van der Waals surface area contributed by atoms with Crippen LogP contribution < -0.4 is 10.1 Å². The summed E-state index contributed by atoms with van der Waals surface area (Å²) in [6.07, 6.45) is -0.852. The minimum atomic E-state index is -0.852. The normalized spacial score (nSPS) is 12.0. The summed E-state index contributed by atoms with van der Waals surface area (Å²) in [5.41, 5.74) is 0. The zero-order valence-electron chi connectivity index (χ0n) is 14.5. The second-order valence-corrected chi connectivity index (χ2v) is 6.95. The van der Waals surface area contributed by atoms with E-state index in [0.29, 0.717) is 18.2 Å². The topological polar surface area (TPSA) is 64.6 Å². The molecule has 6 heteroatoms. The van der Waals surface area contributed by atoms with E-state index in [1.165, 1.54) is 0 Å². The molecule has 1 amide bonds. The largest absolute Gasteiger partial charge is 0.481 e. The van der Waals surface area contributed by atoms with Crippen LogP contribution in [-0.4, -0.2) is 31.1 Å². The second kappa shape index (κ2) is 8.85. The van der Waals surface area contributed by atoms with E-state index < -0.39 is 12.1 Å².